The van der Waals surface area contributed by atoms with E-state index < -0.39 is 62.1 Å². The van der Waals surface area contributed by atoms with Crippen molar-refractivity contribution in [3.05, 3.63) is 57.3 Å². The van der Waals surface area contributed by atoms with Crippen LogP contribution in [0.1, 0.15) is 117 Å². The molecule has 0 unspecified atom stereocenters. The number of aromatic nitrogens is 2. The maximum Gasteiger partial charge on any atom is 0.480 e. The summed E-state index contributed by atoms with van der Waals surface area (Å²) in [5.41, 5.74) is -22.2. The minimum atomic E-state index is -6.72. The Morgan fingerprint density at radius 3 is 0.758 bits per heavy atom. The van der Waals surface area contributed by atoms with Crippen LogP contribution in [0.4, 0.5) is 52.7 Å². The Morgan fingerprint density at radius 2 is 0.565 bits per heavy atom. The lowest BCUT2D eigenvalue weighted by atomic mass is 10.1. The topological polar surface area (TPSA) is 173 Å². The summed E-state index contributed by atoms with van der Waals surface area (Å²) in [7, 11) is -26.9. The second-order valence-corrected chi connectivity index (χ2v) is 20.3. The molecule has 0 atom stereocenters. The number of unbranched alkanes of at least 4 members (excludes halogenated alkanes) is 14. The lowest BCUT2D eigenvalue weighted by Gasteiger charge is -2.22. The SMILES string of the molecule is CCCCCCCCCC[n+]1ccc(-c2cc[n+](CCCCCCCCCC)cc2)cc1.O=S(=O)([N-]S(=O)(=O)C(F)(F)F)C(F)(F)F.O=S(=O)([N-]S(=O)(=O)C(F)(F)F)C(F)(F)F. The summed E-state index contributed by atoms with van der Waals surface area (Å²) in [4.78, 5) is 0. The summed E-state index contributed by atoms with van der Waals surface area (Å²) in [6.45, 7) is 6.86. The molecule has 0 N–H and O–H groups in total. The van der Waals surface area contributed by atoms with E-state index in [1.54, 1.807) is 0 Å². The Morgan fingerprint density at radius 1 is 0.371 bits per heavy atom. The Kier molecular flexibility index (Phi) is 25.0. The number of nitrogens with zero attached hydrogens (tertiary/aromatic N) is 4. The second-order valence-electron chi connectivity index (χ2n) is 13.4. The highest BCUT2D eigenvalue weighted by Gasteiger charge is 2.48. The molecule has 2 heterocycles. The molecule has 0 fully saturated rings. The largest absolute Gasteiger partial charge is 0.480 e. The molecule has 0 aliphatic carbocycles. The van der Waals surface area contributed by atoms with Crippen molar-refractivity contribution in [2.75, 3.05) is 0 Å². The van der Waals surface area contributed by atoms with Gasteiger partial charge >= 0.3 is 22.0 Å². The molecule has 0 radical (unpaired) electrons. The van der Waals surface area contributed by atoms with Gasteiger partial charge in [0.15, 0.2) is 64.9 Å². The smallest absolute Gasteiger partial charge is 0.421 e. The first-order valence-corrected chi connectivity index (χ1v) is 24.7. The number of sulfonamides is 4. The Labute approximate surface area is 354 Å². The first kappa shape index (κ1) is 59.2. The Balaban J connectivity index is 0.00000103. The van der Waals surface area contributed by atoms with E-state index in [0.717, 1.165) is 21.3 Å². The van der Waals surface area contributed by atoms with Crippen LogP contribution in [-0.2, 0) is 53.2 Å². The highest BCUT2D eigenvalue weighted by Crippen LogP contribution is 2.37. The number of hydrogen-bond acceptors (Lipinski definition) is 8. The molecule has 2 aromatic rings. The molecule has 0 bridgehead atoms. The standard InChI is InChI=1S/C30H50N2.2C2F6NO4S2/c1-3-5-7-9-11-13-15-17-23-31-25-19-29(20-26-31)30-21-27-32(28-22-30)24-18-16-14-12-10-8-6-4-2;2*3-1(4,5)14(10,11)9-15(12,13)2(6,7)8/h19-22,25-28H,3-18,23-24H2,1-2H3;;/q+2;2*-1. The molecule has 0 saturated carbocycles. The number of aryl methyl sites for hydroxylation is 2. The first-order chi connectivity index (χ1) is 28.2. The number of pyridine rings is 2. The molecule has 0 amide bonds. The van der Waals surface area contributed by atoms with Crippen LogP contribution < -0.4 is 9.13 Å². The zero-order valence-electron chi connectivity index (χ0n) is 33.6. The minimum Gasteiger partial charge on any atom is -0.421 e. The predicted molar refractivity (Wildman–Crippen MR) is 204 cm³/mol. The summed E-state index contributed by atoms with van der Waals surface area (Å²) < 4.78 is 223. The van der Waals surface area contributed by atoms with Gasteiger partial charge in [0.05, 0.1) is 0 Å². The molecule has 0 aromatic carbocycles. The molecule has 0 saturated heterocycles. The van der Waals surface area contributed by atoms with Crippen molar-refractivity contribution in [3.63, 3.8) is 0 Å². The molecular formula is C34H50F12N4O8S4. The van der Waals surface area contributed by atoms with Gasteiger partial charge in [-0.05, 0) is 24.0 Å². The lowest BCUT2D eigenvalue weighted by molar-refractivity contribution is -0.697. The summed E-state index contributed by atoms with van der Waals surface area (Å²) >= 11 is 0. The van der Waals surface area contributed by atoms with E-state index in [2.05, 4.69) is 72.0 Å². The van der Waals surface area contributed by atoms with Crippen molar-refractivity contribution >= 4 is 40.1 Å². The van der Waals surface area contributed by atoms with Crippen LogP contribution in [0, 0.1) is 0 Å². The van der Waals surface area contributed by atoms with Crippen LogP contribution in [0.15, 0.2) is 49.1 Å². The third kappa shape index (κ3) is 22.7. The van der Waals surface area contributed by atoms with E-state index in [9.17, 15) is 86.4 Å². The van der Waals surface area contributed by atoms with Gasteiger partial charge < -0.3 is 8.25 Å². The molecule has 12 nitrogen and oxygen atoms in total. The van der Waals surface area contributed by atoms with Gasteiger partial charge in [-0.1, -0.05) is 90.9 Å². The highest BCUT2D eigenvalue weighted by molar-refractivity contribution is 8.13. The summed E-state index contributed by atoms with van der Waals surface area (Å²) in [5.74, 6) is 0. The van der Waals surface area contributed by atoms with Gasteiger partial charge in [0.25, 0.3) is 0 Å². The van der Waals surface area contributed by atoms with Crippen molar-refractivity contribution in [1.82, 2.24) is 0 Å². The third-order valence-corrected chi connectivity index (χ3v) is 13.7. The third-order valence-electron chi connectivity index (χ3n) is 8.22. The van der Waals surface area contributed by atoms with Crippen LogP contribution >= 0.6 is 0 Å². The monoisotopic (exact) mass is 998 g/mol. The van der Waals surface area contributed by atoms with E-state index in [1.807, 2.05) is 0 Å². The van der Waals surface area contributed by atoms with E-state index in [-0.39, 0.29) is 0 Å². The van der Waals surface area contributed by atoms with Crippen LogP contribution in [-0.4, -0.2) is 55.7 Å². The van der Waals surface area contributed by atoms with Crippen LogP contribution in [0.2, 0.25) is 0 Å². The molecule has 62 heavy (non-hydrogen) atoms. The van der Waals surface area contributed by atoms with Gasteiger partial charge in [0, 0.05) is 37.1 Å². The van der Waals surface area contributed by atoms with E-state index in [4.69, 9.17) is 0 Å². The van der Waals surface area contributed by atoms with E-state index in [1.165, 1.54) is 114 Å². The van der Waals surface area contributed by atoms with Crippen molar-refractivity contribution in [2.45, 2.75) is 152 Å². The number of halogens is 12. The predicted octanol–water partition coefficient (Wildman–Crippen LogP) is 10.3. The van der Waals surface area contributed by atoms with Crippen LogP contribution in [0.5, 0.6) is 0 Å². The lowest BCUT2D eigenvalue weighted by Crippen LogP contribution is -2.33. The molecule has 362 valence electrons. The average Bonchev–Trinajstić information content (AvgIpc) is 3.12. The van der Waals surface area contributed by atoms with Crippen molar-refractivity contribution in [3.8, 4) is 11.1 Å². The highest BCUT2D eigenvalue weighted by atomic mass is 32.3. The Hall–Kier alpha value is -2.82. The number of hydrogen-bond donors (Lipinski definition) is 0. The maximum atomic E-state index is 11.4. The van der Waals surface area contributed by atoms with Gasteiger partial charge in [0.1, 0.15) is 13.1 Å². The molecule has 0 spiro atoms. The molecule has 0 aliphatic heterocycles. The summed E-state index contributed by atoms with van der Waals surface area (Å²) in [6.07, 6.45) is 31.1. The summed E-state index contributed by atoms with van der Waals surface area (Å²) in [5, 5.41) is 0. The second kappa shape index (κ2) is 26.2. The van der Waals surface area contributed by atoms with Crippen molar-refractivity contribution in [2.24, 2.45) is 0 Å². The molecule has 2 rings (SSSR count). The maximum absolute atomic E-state index is 11.4. The van der Waals surface area contributed by atoms with Gasteiger partial charge in [-0.15, -0.1) is 0 Å². The minimum absolute atomic E-state index is 0.778. The fourth-order valence-corrected chi connectivity index (χ4v) is 8.30. The van der Waals surface area contributed by atoms with Crippen molar-refractivity contribution < 1.29 is 95.5 Å². The number of rotatable bonds is 23. The van der Waals surface area contributed by atoms with Crippen LogP contribution in [0.25, 0.3) is 19.4 Å². The van der Waals surface area contributed by atoms with Gasteiger partial charge in [-0.25, -0.2) is 42.8 Å². The Bertz CT molecular complexity index is 1800. The van der Waals surface area contributed by atoms with Gasteiger partial charge in [-0.3, -0.25) is 0 Å². The van der Waals surface area contributed by atoms with Gasteiger partial charge in [0.2, 0.25) is 0 Å². The van der Waals surface area contributed by atoms with Crippen LogP contribution in [0.3, 0.4) is 0 Å². The molecular weight excluding hydrogens is 949 g/mol. The summed E-state index contributed by atoms with van der Waals surface area (Å²) in [6, 6.07) is 9.07. The zero-order chi connectivity index (χ0) is 48.1. The normalized spacial score (nSPS) is 13.2. The zero-order valence-corrected chi connectivity index (χ0v) is 36.8. The quantitative estimate of drug-likeness (QED) is 0.0601. The fraction of sp³-hybridized carbons (Fsp3) is 0.706. The molecule has 0 aliphatic rings. The van der Waals surface area contributed by atoms with Crippen molar-refractivity contribution in [1.29, 1.82) is 0 Å². The van der Waals surface area contributed by atoms with E-state index >= 15 is 0 Å². The average molecular weight is 999 g/mol. The van der Waals surface area contributed by atoms with E-state index in [0.29, 0.717) is 0 Å². The fourth-order valence-electron chi connectivity index (χ4n) is 4.88. The molecule has 28 heteroatoms. The first-order valence-electron chi connectivity index (χ1n) is 19.0. The van der Waals surface area contributed by atoms with Gasteiger partial charge in [-0.2, -0.15) is 52.7 Å². The molecule has 2 aromatic heterocycles. The number of alkyl halides is 12.